The van der Waals surface area contributed by atoms with Crippen molar-refractivity contribution in [2.45, 2.75) is 45.7 Å². The number of para-hydroxylation sites is 1. The molecule has 0 saturated heterocycles. The zero-order chi connectivity index (χ0) is 13.0. The predicted molar refractivity (Wildman–Crippen MR) is 76.8 cm³/mol. The van der Waals surface area contributed by atoms with Crippen molar-refractivity contribution in [3.05, 3.63) is 30.5 Å². The molecule has 1 heterocycles. The summed E-state index contributed by atoms with van der Waals surface area (Å²) in [5.41, 5.74) is 1.22. The van der Waals surface area contributed by atoms with Crippen molar-refractivity contribution in [1.82, 2.24) is 15.1 Å². The minimum absolute atomic E-state index is 0.380. The number of nitrogens with zero attached hydrogens (tertiary/aromatic N) is 2. The topological polar surface area (TPSA) is 29.9 Å². The average molecular weight is 245 g/mol. The van der Waals surface area contributed by atoms with Crippen LogP contribution in [0.1, 0.15) is 39.7 Å². The molecule has 1 N–H and O–H groups in total. The lowest BCUT2D eigenvalue weighted by molar-refractivity contribution is 0.408. The van der Waals surface area contributed by atoms with Gasteiger partial charge in [0.05, 0.1) is 17.8 Å². The molecule has 18 heavy (non-hydrogen) atoms. The molecule has 3 heteroatoms. The molecule has 2 aromatic rings. The van der Waals surface area contributed by atoms with E-state index in [-0.39, 0.29) is 0 Å². The largest absolute Gasteiger partial charge is 0.312 e. The van der Waals surface area contributed by atoms with Crippen LogP contribution in [0.5, 0.6) is 0 Å². The summed E-state index contributed by atoms with van der Waals surface area (Å²) in [6, 6.07) is 9.37. The van der Waals surface area contributed by atoms with Gasteiger partial charge in [-0.2, -0.15) is 5.10 Å². The highest BCUT2D eigenvalue weighted by Gasteiger charge is 2.11. The first-order valence-corrected chi connectivity index (χ1v) is 6.91. The predicted octanol–water partition coefficient (Wildman–Crippen LogP) is 3.38. The molecular weight excluding hydrogens is 222 g/mol. The first-order chi connectivity index (χ1) is 8.76. The van der Waals surface area contributed by atoms with E-state index in [2.05, 4.69) is 60.1 Å². The number of benzene rings is 1. The van der Waals surface area contributed by atoms with Crippen LogP contribution in [-0.4, -0.2) is 22.4 Å². The van der Waals surface area contributed by atoms with E-state index in [1.54, 1.807) is 0 Å². The van der Waals surface area contributed by atoms with E-state index >= 15 is 0 Å². The normalized spacial score (nSPS) is 13.3. The highest BCUT2D eigenvalue weighted by Crippen LogP contribution is 2.17. The number of fused-ring (bicyclic) bond motifs is 1. The molecule has 0 aliphatic rings. The second kappa shape index (κ2) is 6.01. The lowest BCUT2D eigenvalue weighted by atomic mass is 10.1. The Labute approximate surface area is 109 Å². The molecule has 0 fully saturated rings. The third kappa shape index (κ3) is 2.72. The van der Waals surface area contributed by atoms with Gasteiger partial charge in [-0.3, -0.25) is 4.68 Å². The molecule has 0 spiro atoms. The van der Waals surface area contributed by atoms with Crippen molar-refractivity contribution < 1.29 is 0 Å². The summed E-state index contributed by atoms with van der Waals surface area (Å²) in [5.74, 6) is 0. The van der Waals surface area contributed by atoms with Crippen molar-refractivity contribution in [3.63, 3.8) is 0 Å². The van der Waals surface area contributed by atoms with Crippen LogP contribution in [0.25, 0.3) is 10.9 Å². The van der Waals surface area contributed by atoms with E-state index in [0.29, 0.717) is 12.1 Å². The summed E-state index contributed by atoms with van der Waals surface area (Å²) < 4.78 is 2.12. The molecule has 0 saturated carbocycles. The van der Waals surface area contributed by atoms with Crippen molar-refractivity contribution >= 4 is 10.9 Å². The molecule has 1 aromatic heterocycles. The Hall–Kier alpha value is -1.35. The molecule has 1 atom stereocenters. The Morgan fingerprint density at radius 2 is 1.94 bits per heavy atom. The lowest BCUT2D eigenvalue weighted by Gasteiger charge is -2.19. The van der Waals surface area contributed by atoms with Gasteiger partial charge in [-0.25, -0.2) is 0 Å². The Bertz CT molecular complexity index is 485. The molecule has 0 aliphatic heterocycles. The van der Waals surface area contributed by atoms with Crippen LogP contribution >= 0.6 is 0 Å². The third-order valence-electron chi connectivity index (χ3n) is 3.61. The summed E-state index contributed by atoms with van der Waals surface area (Å²) >= 11 is 0. The van der Waals surface area contributed by atoms with Crippen molar-refractivity contribution in [2.75, 3.05) is 6.54 Å². The van der Waals surface area contributed by atoms with Gasteiger partial charge in [-0.1, -0.05) is 32.0 Å². The van der Waals surface area contributed by atoms with Gasteiger partial charge in [0.2, 0.25) is 0 Å². The van der Waals surface area contributed by atoms with Crippen LogP contribution < -0.4 is 5.32 Å². The molecule has 1 aromatic carbocycles. The maximum atomic E-state index is 4.50. The van der Waals surface area contributed by atoms with Crippen LogP contribution in [0.4, 0.5) is 0 Å². The molecular formula is C15H23N3. The fraction of sp³-hybridized carbons (Fsp3) is 0.533. The van der Waals surface area contributed by atoms with E-state index in [4.69, 9.17) is 0 Å². The van der Waals surface area contributed by atoms with Gasteiger partial charge in [0.25, 0.3) is 0 Å². The van der Waals surface area contributed by atoms with E-state index < -0.39 is 0 Å². The standard InChI is InChI=1S/C15H23N3/c1-4-14(5-2)16-10-12(3)18-15-9-7-6-8-13(15)11-17-18/h6-9,11-12,14,16H,4-5,10H2,1-3H3. The van der Waals surface area contributed by atoms with Gasteiger partial charge in [0, 0.05) is 18.0 Å². The zero-order valence-electron chi connectivity index (χ0n) is 11.6. The van der Waals surface area contributed by atoms with E-state index in [1.165, 1.54) is 23.7 Å². The maximum Gasteiger partial charge on any atom is 0.0686 e. The summed E-state index contributed by atoms with van der Waals surface area (Å²) in [5, 5.41) is 9.33. The summed E-state index contributed by atoms with van der Waals surface area (Å²) in [7, 11) is 0. The molecule has 98 valence electrons. The van der Waals surface area contributed by atoms with Crippen LogP contribution in [0.2, 0.25) is 0 Å². The first kappa shape index (κ1) is 13.1. The van der Waals surface area contributed by atoms with E-state index in [9.17, 15) is 0 Å². The van der Waals surface area contributed by atoms with Crippen molar-refractivity contribution in [3.8, 4) is 0 Å². The highest BCUT2D eigenvalue weighted by molar-refractivity contribution is 5.78. The molecule has 2 rings (SSSR count). The average Bonchev–Trinajstić information content (AvgIpc) is 2.83. The lowest BCUT2D eigenvalue weighted by Crippen LogP contribution is -2.32. The number of aromatic nitrogens is 2. The zero-order valence-corrected chi connectivity index (χ0v) is 11.6. The van der Waals surface area contributed by atoms with Crippen LogP contribution in [0.3, 0.4) is 0 Å². The molecule has 3 nitrogen and oxygen atoms in total. The number of hydrogen-bond donors (Lipinski definition) is 1. The second-order valence-corrected chi connectivity index (χ2v) is 4.92. The number of rotatable bonds is 6. The fourth-order valence-corrected chi connectivity index (χ4v) is 2.34. The van der Waals surface area contributed by atoms with Gasteiger partial charge >= 0.3 is 0 Å². The molecule has 1 unspecified atom stereocenters. The van der Waals surface area contributed by atoms with E-state index in [1.807, 2.05) is 6.20 Å². The second-order valence-electron chi connectivity index (χ2n) is 4.92. The molecule has 0 amide bonds. The van der Waals surface area contributed by atoms with Crippen LogP contribution in [0, 0.1) is 0 Å². The third-order valence-corrected chi connectivity index (χ3v) is 3.61. The van der Waals surface area contributed by atoms with Gasteiger partial charge in [-0.05, 0) is 25.8 Å². The fourth-order valence-electron chi connectivity index (χ4n) is 2.34. The SMILES string of the molecule is CCC(CC)NCC(C)n1ncc2ccccc21. The summed E-state index contributed by atoms with van der Waals surface area (Å²) in [6.45, 7) is 7.65. The Morgan fingerprint density at radius 1 is 1.22 bits per heavy atom. The quantitative estimate of drug-likeness (QED) is 0.845. The van der Waals surface area contributed by atoms with Crippen molar-refractivity contribution in [2.24, 2.45) is 0 Å². The van der Waals surface area contributed by atoms with Gasteiger partial charge in [0.1, 0.15) is 0 Å². The summed E-state index contributed by atoms with van der Waals surface area (Å²) in [4.78, 5) is 0. The first-order valence-electron chi connectivity index (χ1n) is 6.91. The van der Waals surface area contributed by atoms with Crippen LogP contribution in [-0.2, 0) is 0 Å². The Morgan fingerprint density at radius 3 is 2.67 bits per heavy atom. The molecule has 0 radical (unpaired) electrons. The van der Waals surface area contributed by atoms with Crippen LogP contribution in [0.15, 0.2) is 30.5 Å². The maximum absolute atomic E-state index is 4.50. The Kier molecular flexibility index (Phi) is 4.37. The molecule has 0 aliphatic carbocycles. The van der Waals surface area contributed by atoms with Gasteiger partial charge in [0.15, 0.2) is 0 Å². The smallest absolute Gasteiger partial charge is 0.0686 e. The summed E-state index contributed by atoms with van der Waals surface area (Å²) in [6.07, 6.45) is 4.31. The number of hydrogen-bond acceptors (Lipinski definition) is 2. The monoisotopic (exact) mass is 245 g/mol. The minimum atomic E-state index is 0.380. The Balaban J connectivity index is 2.07. The van der Waals surface area contributed by atoms with Gasteiger partial charge < -0.3 is 5.32 Å². The number of nitrogens with one attached hydrogen (secondary N) is 1. The molecule has 0 bridgehead atoms. The highest BCUT2D eigenvalue weighted by atomic mass is 15.3. The van der Waals surface area contributed by atoms with Gasteiger partial charge in [-0.15, -0.1) is 0 Å². The minimum Gasteiger partial charge on any atom is -0.312 e. The van der Waals surface area contributed by atoms with E-state index in [0.717, 1.165) is 6.54 Å². The van der Waals surface area contributed by atoms with Crippen molar-refractivity contribution in [1.29, 1.82) is 0 Å².